The molecule has 1 aliphatic rings. The van der Waals surface area contributed by atoms with Gasteiger partial charge in [-0.2, -0.15) is 5.26 Å². The lowest BCUT2D eigenvalue weighted by Crippen LogP contribution is -2.48. The second-order valence-electron chi connectivity index (χ2n) is 5.97. The molecule has 2 heterocycles. The zero-order valence-electron chi connectivity index (χ0n) is 14.5. The van der Waals surface area contributed by atoms with Crippen molar-refractivity contribution in [2.45, 2.75) is 0 Å². The molecule has 0 spiro atoms. The smallest absolute Gasteiger partial charge is 0.272 e. The zero-order chi connectivity index (χ0) is 19.2. The van der Waals surface area contributed by atoms with Crippen molar-refractivity contribution in [3.8, 4) is 6.07 Å². The summed E-state index contributed by atoms with van der Waals surface area (Å²) in [6.07, 6.45) is 2.17. The van der Waals surface area contributed by atoms with Crippen molar-refractivity contribution in [2.24, 2.45) is 0 Å². The third-order valence-corrected chi connectivity index (χ3v) is 4.29. The van der Waals surface area contributed by atoms with Crippen LogP contribution in [0.3, 0.4) is 0 Å². The molecule has 1 aliphatic heterocycles. The summed E-state index contributed by atoms with van der Waals surface area (Å²) in [7, 11) is 0. The number of piperazine rings is 1. The summed E-state index contributed by atoms with van der Waals surface area (Å²) in [6, 6.07) is 11.6. The van der Waals surface area contributed by atoms with Crippen molar-refractivity contribution < 1.29 is 14.4 Å². The Bertz CT molecular complexity index is 914. The highest BCUT2D eigenvalue weighted by Crippen LogP contribution is 2.15. The molecule has 3 rings (SSSR count). The average molecular weight is 363 g/mol. The molecule has 2 aromatic rings. The Hall–Kier alpha value is -3.73. The normalized spacial score (nSPS) is 13.6. The van der Waals surface area contributed by atoms with Crippen LogP contribution < -0.4 is 5.32 Å². The van der Waals surface area contributed by atoms with Gasteiger partial charge in [0.15, 0.2) is 0 Å². The lowest BCUT2D eigenvalue weighted by Gasteiger charge is -2.32. The molecule has 136 valence electrons. The van der Waals surface area contributed by atoms with Crippen molar-refractivity contribution in [3.63, 3.8) is 0 Å². The van der Waals surface area contributed by atoms with Gasteiger partial charge < -0.3 is 15.1 Å². The number of carbonyl (C=O) groups is 3. The minimum atomic E-state index is -0.431. The number of nitriles is 1. The third-order valence-electron chi connectivity index (χ3n) is 4.29. The van der Waals surface area contributed by atoms with Crippen molar-refractivity contribution in [1.82, 2.24) is 14.8 Å². The number of carbonyl (C=O) groups excluding carboxylic acids is 3. The molecule has 0 aliphatic carbocycles. The van der Waals surface area contributed by atoms with Crippen molar-refractivity contribution in [2.75, 3.05) is 31.5 Å². The van der Waals surface area contributed by atoms with E-state index in [1.165, 1.54) is 18.3 Å². The summed E-state index contributed by atoms with van der Waals surface area (Å²) in [5.74, 6) is -0.715. The molecule has 0 atom stereocenters. The van der Waals surface area contributed by atoms with Crippen LogP contribution in [0.15, 0.2) is 42.6 Å². The fraction of sp³-hybridized carbons (Fsp3) is 0.211. The summed E-state index contributed by atoms with van der Waals surface area (Å²) in [6.45, 7) is 1.79. The highest BCUT2D eigenvalue weighted by atomic mass is 16.2. The van der Waals surface area contributed by atoms with Crippen LogP contribution in [-0.2, 0) is 4.79 Å². The van der Waals surface area contributed by atoms with Gasteiger partial charge in [-0.1, -0.05) is 12.1 Å². The first-order valence-electron chi connectivity index (χ1n) is 8.37. The minimum Gasteiger partial charge on any atom is -0.342 e. The van der Waals surface area contributed by atoms with Crippen LogP contribution in [0, 0.1) is 11.3 Å². The van der Waals surface area contributed by atoms with E-state index in [2.05, 4.69) is 10.3 Å². The van der Waals surface area contributed by atoms with Gasteiger partial charge in [0.1, 0.15) is 11.8 Å². The van der Waals surface area contributed by atoms with E-state index in [1.54, 1.807) is 34.1 Å². The van der Waals surface area contributed by atoms with Gasteiger partial charge in [-0.05, 0) is 24.3 Å². The molecule has 0 unspecified atom stereocenters. The van der Waals surface area contributed by atoms with Gasteiger partial charge in [-0.3, -0.25) is 19.4 Å². The Morgan fingerprint density at radius 3 is 2.59 bits per heavy atom. The fourth-order valence-corrected chi connectivity index (χ4v) is 2.77. The Kier molecular flexibility index (Phi) is 5.42. The number of hydrogen-bond donors (Lipinski definition) is 1. The first kappa shape index (κ1) is 18.1. The lowest BCUT2D eigenvalue weighted by molar-refractivity contribution is -0.119. The highest BCUT2D eigenvalue weighted by molar-refractivity contribution is 6.06. The van der Waals surface area contributed by atoms with Crippen LogP contribution in [0.4, 0.5) is 5.69 Å². The minimum absolute atomic E-state index is 0.163. The maximum atomic E-state index is 12.6. The van der Waals surface area contributed by atoms with Gasteiger partial charge in [0.2, 0.25) is 6.41 Å². The molecule has 0 saturated carbocycles. The third kappa shape index (κ3) is 4.10. The summed E-state index contributed by atoms with van der Waals surface area (Å²) >= 11 is 0. The number of nitrogens with zero attached hydrogens (tertiary/aromatic N) is 4. The van der Waals surface area contributed by atoms with E-state index in [9.17, 15) is 14.4 Å². The average Bonchev–Trinajstić information content (AvgIpc) is 2.73. The molecule has 8 nitrogen and oxygen atoms in total. The van der Waals surface area contributed by atoms with Crippen LogP contribution in [0.2, 0.25) is 0 Å². The number of rotatable bonds is 4. The van der Waals surface area contributed by atoms with E-state index in [0.717, 1.165) is 6.41 Å². The fourth-order valence-electron chi connectivity index (χ4n) is 2.77. The van der Waals surface area contributed by atoms with Gasteiger partial charge in [0, 0.05) is 37.9 Å². The molecular formula is C19H17N5O3. The van der Waals surface area contributed by atoms with E-state index in [-0.39, 0.29) is 17.2 Å². The van der Waals surface area contributed by atoms with Gasteiger partial charge >= 0.3 is 0 Å². The van der Waals surface area contributed by atoms with Gasteiger partial charge in [0.25, 0.3) is 11.8 Å². The first-order chi connectivity index (χ1) is 13.1. The molecule has 3 amide bonds. The second-order valence-corrected chi connectivity index (χ2v) is 5.97. The quantitative estimate of drug-likeness (QED) is 0.819. The summed E-state index contributed by atoms with van der Waals surface area (Å²) in [5.41, 5.74) is 1.19. The highest BCUT2D eigenvalue weighted by Gasteiger charge is 2.23. The lowest BCUT2D eigenvalue weighted by atomic mass is 10.1. The van der Waals surface area contributed by atoms with E-state index in [0.29, 0.717) is 37.4 Å². The standard InChI is InChI=1S/C19H17N5O3/c20-12-15-3-1-2-4-16(15)22-18(26)14-5-6-21-17(11-14)19(27)24-9-7-23(13-25)8-10-24/h1-6,11,13H,7-10H2,(H,22,26). The molecule has 1 N–H and O–H groups in total. The monoisotopic (exact) mass is 363 g/mol. The van der Waals surface area contributed by atoms with Crippen LogP contribution >= 0.6 is 0 Å². The van der Waals surface area contributed by atoms with Gasteiger partial charge in [0.05, 0.1) is 11.3 Å². The van der Waals surface area contributed by atoms with E-state index < -0.39 is 5.91 Å². The number of amides is 3. The Balaban J connectivity index is 1.73. The summed E-state index contributed by atoms with van der Waals surface area (Å²) in [4.78, 5) is 43.2. The Morgan fingerprint density at radius 2 is 1.89 bits per heavy atom. The number of pyridine rings is 1. The molecule has 1 aromatic carbocycles. The summed E-state index contributed by atoms with van der Waals surface area (Å²) < 4.78 is 0. The number of aromatic nitrogens is 1. The molecule has 1 aromatic heterocycles. The van der Waals surface area contributed by atoms with Crippen LogP contribution in [0.5, 0.6) is 0 Å². The number of hydrogen-bond acceptors (Lipinski definition) is 5. The van der Waals surface area contributed by atoms with Crippen LogP contribution in [0.1, 0.15) is 26.4 Å². The largest absolute Gasteiger partial charge is 0.342 e. The van der Waals surface area contributed by atoms with E-state index in [1.807, 2.05) is 6.07 Å². The predicted molar refractivity (Wildman–Crippen MR) is 96.9 cm³/mol. The first-order valence-corrected chi connectivity index (χ1v) is 8.37. The van der Waals surface area contributed by atoms with Crippen molar-refractivity contribution >= 4 is 23.9 Å². The van der Waals surface area contributed by atoms with Crippen LogP contribution in [0.25, 0.3) is 0 Å². The molecule has 27 heavy (non-hydrogen) atoms. The van der Waals surface area contributed by atoms with Crippen molar-refractivity contribution in [1.29, 1.82) is 5.26 Å². The molecule has 0 bridgehead atoms. The zero-order valence-corrected chi connectivity index (χ0v) is 14.5. The van der Waals surface area contributed by atoms with E-state index >= 15 is 0 Å². The van der Waals surface area contributed by atoms with E-state index in [4.69, 9.17) is 5.26 Å². The summed E-state index contributed by atoms with van der Waals surface area (Å²) in [5, 5.41) is 11.8. The number of benzene rings is 1. The topological polar surface area (TPSA) is 106 Å². The number of nitrogens with one attached hydrogen (secondary N) is 1. The van der Waals surface area contributed by atoms with Gasteiger partial charge in [-0.25, -0.2) is 0 Å². The maximum absolute atomic E-state index is 12.6. The van der Waals surface area contributed by atoms with Crippen LogP contribution in [-0.4, -0.2) is 59.2 Å². The molecule has 1 fully saturated rings. The van der Waals surface area contributed by atoms with Gasteiger partial charge in [-0.15, -0.1) is 0 Å². The Labute approximate surface area is 156 Å². The van der Waals surface area contributed by atoms with Crippen molar-refractivity contribution in [3.05, 3.63) is 59.4 Å². The number of anilines is 1. The number of para-hydroxylation sites is 1. The Morgan fingerprint density at radius 1 is 1.15 bits per heavy atom. The molecular weight excluding hydrogens is 346 g/mol. The SMILES string of the molecule is N#Cc1ccccc1NC(=O)c1ccnc(C(=O)N2CCN(C=O)CC2)c1. The molecule has 1 saturated heterocycles. The second kappa shape index (κ2) is 8.10. The maximum Gasteiger partial charge on any atom is 0.272 e. The predicted octanol–water partition coefficient (Wildman–Crippen LogP) is 1.12. The molecule has 0 radical (unpaired) electrons. The molecule has 8 heteroatoms.